The van der Waals surface area contributed by atoms with Crippen molar-refractivity contribution in [2.45, 2.75) is 33.1 Å². The maximum Gasteiger partial charge on any atom is 0.329 e. The van der Waals surface area contributed by atoms with Crippen LogP contribution in [0.5, 0.6) is 11.5 Å². The number of ether oxygens (including phenoxy) is 2. The smallest absolute Gasteiger partial charge is 0.329 e. The van der Waals surface area contributed by atoms with Crippen LogP contribution < -0.4 is 14.5 Å². The Hall–Kier alpha value is -3.75. The van der Waals surface area contributed by atoms with Crippen molar-refractivity contribution in [2.24, 2.45) is 11.0 Å². The first kappa shape index (κ1) is 21.9. The summed E-state index contributed by atoms with van der Waals surface area (Å²) in [5.41, 5.74) is 1.25. The van der Waals surface area contributed by atoms with Crippen LogP contribution in [0.1, 0.15) is 33.3 Å². The Morgan fingerprint density at radius 1 is 1.13 bits per heavy atom. The lowest BCUT2D eigenvalue weighted by atomic mass is 9.85. The van der Waals surface area contributed by atoms with Crippen LogP contribution in [0.2, 0.25) is 0 Å². The molecule has 0 bridgehead atoms. The summed E-state index contributed by atoms with van der Waals surface area (Å²) < 4.78 is 10.6. The summed E-state index contributed by atoms with van der Waals surface area (Å²) >= 11 is 0. The molecule has 0 N–H and O–H groups in total. The molecule has 0 aromatic heterocycles. The number of rotatable bonds is 5. The number of nitro groups is 1. The molecular weight excluding hydrogens is 402 g/mol. The lowest BCUT2D eigenvalue weighted by Crippen LogP contribution is -2.36. The van der Waals surface area contributed by atoms with Gasteiger partial charge in [0.25, 0.3) is 11.6 Å². The van der Waals surface area contributed by atoms with Gasteiger partial charge in [0, 0.05) is 12.1 Å². The van der Waals surface area contributed by atoms with E-state index in [-0.39, 0.29) is 16.9 Å². The molecule has 1 aliphatic heterocycles. The summed E-state index contributed by atoms with van der Waals surface area (Å²) in [4.78, 5) is 36.0. The molecule has 9 nitrogen and oxygen atoms in total. The van der Waals surface area contributed by atoms with Crippen molar-refractivity contribution >= 4 is 29.0 Å². The number of methoxy groups -OCH3 is 1. The van der Waals surface area contributed by atoms with Crippen LogP contribution in [0.15, 0.2) is 47.6 Å². The quantitative estimate of drug-likeness (QED) is 0.237. The fourth-order valence-corrected chi connectivity index (χ4v) is 3.25. The molecule has 1 unspecified atom stereocenters. The van der Waals surface area contributed by atoms with E-state index >= 15 is 0 Å². The molecule has 1 amide bonds. The van der Waals surface area contributed by atoms with Gasteiger partial charge in [-0.05, 0) is 48.2 Å². The van der Waals surface area contributed by atoms with E-state index in [9.17, 15) is 19.7 Å². The SMILES string of the molecule is COc1ccc(N2N=C(C)C(C(=O)Oc3ccc([N+](=O)[O-])cc3)C2=O)c(C(C)(C)C)c1. The average molecular weight is 425 g/mol. The molecule has 0 saturated heterocycles. The second-order valence-electron chi connectivity index (χ2n) is 8.13. The number of hydrazone groups is 1. The summed E-state index contributed by atoms with van der Waals surface area (Å²) in [5.74, 6) is -1.77. The summed E-state index contributed by atoms with van der Waals surface area (Å²) in [6.07, 6.45) is 0. The van der Waals surface area contributed by atoms with Crippen LogP contribution in [-0.2, 0) is 15.0 Å². The first-order valence-corrected chi connectivity index (χ1v) is 9.56. The second kappa shape index (κ2) is 8.17. The molecular formula is C22H23N3O6. The van der Waals surface area contributed by atoms with Gasteiger partial charge in [-0.15, -0.1) is 0 Å². The summed E-state index contributed by atoms with van der Waals surface area (Å²) in [6, 6.07) is 10.4. The molecule has 9 heteroatoms. The van der Waals surface area contributed by atoms with E-state index in [4.69, 9.17) is 9.47 Å². The Morgan fingerprint density at radius 3 is 2.29 bits per heavy atom. The summed E-state index contributed by atoms with van der Waals surface area (Å²) in [5, 5.41) is 16.3. The third kappa shape index (κ3) is 4.40. The molecule has 0 aliphatic carbocycles. The van der Waals surface area contributed by atoms with E-state index in [2.05, 4.69) is 5.10 Å². The van der Waals surface area contributed by atoms with Crippen molar-refractivity contribution in [1.29, 1.82) is 0 Å². The topological polar surface area (TPSA) is 111 Å². The van der Waals surface area contributed by atoms with Gasteiger partial charge in [0.1, 0.15) is 11.5 Å². The number of nitro benzene ring substituents is 1. The van der Waals surface area contributed by atoms with E-state index in [0.29, 0.717) is 17.1 Å². The highest BCUT2D eigenvalue weighted by atomic mass is 16.6. The van der Waals surface area contributed by atoms with Gasteiger partial charge < -0.3 is 9.47 Å². The van der Waals surface area contributed by atoms with Gasteiger partial charge in [-0.1, -0.05) is 20.8 Å². The second-order valence-corrected chi connectivity index (χ2v) is 8.13. The highest BCUT2D eigenvalue weighted by molar-refractivity contribution is 6.26. The highest BCUT2D eigenvalue weighted by Gasteiger charge is 2.42. The van der Waals surface area contributed by atoms with Crippen molar-refractivity contribution in [3.63, 3.8) is 0 Å². The number of carbonyl (C=O) groups excluding carboxylic acids is 2. The molecule has 1 aliphatic rings. The van der Waals surface area contributed by atoms with Gasteiger partial charge in [-0.25, -0.2) is 0 Å². The molecule has 1 heterocycles. The van der Waals surface area contributed by atoms with Crippen LogP contribution in [0, 0.1) is 16.0 Å². The predicted octanol–water partition coefficient (Wildman–Crippen LogP) is 3.85. The average Bonchev–Trinajstić information content (AvgIpc) is 3.01. The number of carbonyl (C=O) groups is 2. The van der Waals surface area contributed by atoms with Gasteiger partial charge in [0.05, 0.1) is 23.4 Å². The Morgan fingerprint density at radius 2 is 1.74 bits per heavy atom. The number of nitrogens with zero attached hydrogens (tertiary/aromatic N) is 3. The molecule has 162 valence electrons. The van der Waals surface area contributed by atoms with Crippen molar-refractivity contribution in [2.75, 3.05) is 12.1 Å². The summed E-state index contributed by atoms with van der Waals surface area (Å²) in [6.45, 7) is 7.59. The van der Waals surface area contributed by atoms with Crippen LogP contribution in [0.4, 0.5) is 11.4 Å². The van der Waals surface area contributed by atoms with E-state index < -0.39 is 22.7 Å². The Kier molecular flexibility index (Phi) is 5.79. The lowest BCUT2D eigenvalue weighted by Gasteiger charge is -2.26. The van der Waals surface area contributed by atoms with Crippen molar-refractivity contribution < 1.29 is 24.0 Å². The number of anilines is 1. The van der Waals surface area contributed by atoms with E-state index in [1.165, 1.54) is 29.3 Å². The predicted molar refractivity (Wildman–Crippen MR) is 115 cm³/mol. The number of amides is 1. The Labute approximate surface area is 179 Å². The molecule has 1 atom stereocenters. The summed E-state index contributed by atoms with van der Waals surface area (Å²) in [7, 11) is 1.56. The number of non-ortho nitro benzene ring substituents is 1. The number of hydrogen-bond donors (Lipinski definition) is 0. The van der Waals surface area contributed by atoms with Crippen LogP contribution in [0.3, 0.4) is 0 Å². The van der Waals surface area contributed by atoms with Gasteiger partial charge in [0.2, 0.25) is 0 Å². The van der Waals surface area contributed by atoms with E-state index in [0.717, 1.165) is 5.56 Å². The largest absolute Gasteiger partial charge is 0.497 e. The third-order valence-corrected chi connectivity index (χ3v) is 4.87. The van der Waals surface area contributed by atoms with Crippen LogP contribution >= 0.6 is 0 Å². The van der Waals surface area contributed by atoms with Crippen molar-refractivity contribution in [3.8, 4) is 11.5 Å². The van der Waals surface area contributed by atoms with E-state index in [1.54, 1.807) is 26.2 Å². The minimum Gasteiger partial charge on any atom is -0.497 e. The van der Waals surface area contributed by atoms with Gasteiger partial charge in [-0.2, -0.15) is 10.1 Å². The molecule has 31 heavy (non-hydrogen) atoms. The van der Waals surface area contributed by atoms with Gasteiger partial charge >= 0.3 is 5.97 Å². The molecule has 2 aromatic rings. The fourth-order valence-electron chi connectivity index (χ4n) is 3.25. The molecule has 0 fully saturated rings. The molecule has 3 rings (SSSR count). The maximum absolute atomic E-state index is 13.1. The minimum atomic E-state index is -1.20. The first-order valence-electron chi connectivity index (χ1n) is 9.56. The lowest BCUT2D eigenvalue weighted by molar-refractivity contribution is -0.384. The fraction of sp³-hybridized carbons (Fsp3) is 0.318. The zero-order valence-corrected chi connectivity index (χ0v) is 17.9. The Bertz CT molecular complexity index is 1070. The molecule has 0 saturated carbocycles. The minimum absolute atomic E-state index is 0.106. The molecule has 0 radical (unpaired) electrons. The number of esters is 1. The standard InChI is InChI=1S/C22H23N3O6/c1-13-19(21(27)31-15-8-6-14(7-9-15)25(28)29)20(26)24(23-13)18-11-10-16(30-5)12-17(18)22(2,3)4/h6-12,19H,1-5H3. The zero-order valence-electron chi connectivity index (χ0n) is 17.9. The number of benzene rings is 2. The van der Waals surface area contributed by atoms with E-state index in [1.807, 2.05) is 26.8 Å². The highest BCUT2D eigenvalue weighted by Crippen LogP contribution is 2.37. The van der Waals surface area contributed by atoms with Crippen LogP contribution in [-0.4, -0.2) is 29.6 Å². The molecule has 0 spiro atoms. The first-order chi connectivity index (χ1) is 14.5. The van der Waals surface area contributed by atoms with Crippen molar-refractivity contribution in [3.05, 3.63) is 58.1 Å². The Balaban J connectivity index is 1.86. The monoisotopic (exact) mass is 425 g/mol. The van der Waals surface area contributed by atoms with Gasteiger partial charge in [0.15, 0.2) is 5.92 Å². The molecule has 2 aromatic carbocycles. The van der Waals surface area contributed by atoms with Crippen molar-refractivity contribution in [1.82, 2.24) is 0 Å². The normalized spacial score (nSPS) is 16.2. The third-order valence-electron chi connectivity index (χ3n) is 4.87. The maximum atomic E-state index is 13.1. The van der Waals surface area contributed by atoms with Gasteiger partial charge in [-0.3, -0.25) is 19.7 Å². The zero-order chi connectivity index (χ0) is 22.9. The van der Waals surface area contributed by atoms with Crippen LogP contribution in [0.25, 0.3) is 0 Å². The number of hydrogen-bond acceptors (Lipinski definition) is 7.